The largest absolute Gasteiger partial charge is 0.440 e. The molecule has 3 nitrogen and oxygen atoms in total. The molecule has 0 saturated carbocycles. The maximum Gasteiger partial charge on any atom is 0.192 e. The number of para-hydroxylation sites is 1. The fourth-order valence-corrected chi connectivity index (χ4v) is 3.29. The number of nitrogens with zero attached hydrogens (tertiary/aromatic N) is 2. The van der Waals surface area contributed by atoms with Crippen molar-refractivity contribution in [2.24, 2.45) is 0 Å². The van der Waals surface area contributed by atoms with Crippen LogP contribution in [0.15, 0.2) is 40.9 Å². The Kier molecular flexibility index (Phi) is 2.98. The number of pyridine rings is 1. The average molecular weight is 282 g/mol. The Hall–Kier alpha value is -1.94. The molecule has 0 bridgehead atoms. The standard InChI is InChI=1S/C16H18N2OSi/c1-11-18-15-7-5-6-13(16(15)19-11)14-9-8-12(10-17-14)20(2,3)4/h5-10H,1-4H3. The predicted octanol–water partition coefficient (Wildman–Crippen LogP) is 3.74. The first kappa shape index (κ1) is 13.1. The van der Waals surface area contributed by atoms with Crippen LogP contribution in [-0.2, 0) is 0 Å². The molecule has 0 saturated heterocycles. The van der Waals surface area contributed by atoms with Crippen molar-refractivity contribution < 1.29 is 4.42 Å². The molecule has 4 heteroatoms. The highest BCUT2D eigenvalue weighted by Crippen LogP contribution is 2.27. The van der Waals surface area contributed by atoms with Crippen LogP contribution in [0.2, 0.25) is 19.6 Å². The van der Waals surface area contributed by atoms with E-state index in [1.54, 1.807) is 0 Å². The summed E-state index contributed by atoms with van der Waals surface area (Å²) in [6.45, 7) is 8.84. The SMILES string of the molecule is Cc1nc2cccc(-c3ccc([Si](C)(C)C)cn3)c2o1. The molecule has 0 aliphatic carbocycles. The van der Waals surface area contributed by atoms with Crippen molar-refractivity contribution in [1.29, 1.82) is 0 Å². The minimum Gasteiger partial charge on any atom is -0.440 e. The van der Waals surface area contributed by atoms with Crippen molar-refractivity contribution in [1.82, 2.24) is 9.97 Å². The molecule has 0 aliphatic heterocycles. The van der Waals surface area contributed by atoms with Crippen molar-refractivity contribution in [3.63, 3.8) is 0 Å². The zero-order valence-corrected chi connectivity index (χ0v) is 13.3. The van der Waals surface area contributed by atoms with Gasteiger partial charge in [-0.1, -0.05) is 31.8 Å². The molecule has 2 heterocycles. The van der Waals surface area contributed by atoms with Gasteiger partial charge in [-0.15, -0.1) is 0 Å². The quantitative estimate of drug-likeness (QED) is 0.672. The minimum atomic E-state index is -1.31. The highest BCUT2D eigenvalue weighted by atomic mass is 28.3. The molecule has 0 unspecified atom stereocenters. The van der Waals surface area contributed by atoms with Crippen LogP contribution >= 0.6 is 0 Å². The second-order valence-corrected chi connectivity index (χ2v) is 11.1. The lowest BCUT2D eigenvalue weighted by molar-refractivity contribution is 0.562. The van der Waals surface area contributed by atoms with E-state index in [2.05, 4.69) is 41.7 Å². The first-order valence-electron chi connectivity index (χ1n) is 6.78. The number of aryl methyl sites for hydroxylation is 1. The molecule has 102 valence electrons. The summed E-state index contributed by atoms with van der Waals surface area (Å²) in [5.41, 5.74) is 3.65. The van der Waals surface area contributed by atoms with Crippen LogP contribution in [0.1, 0.15) is 5.89 Å². The zero-order chi connectivity index (χ0) is 14.3. The number of oxazole rings is 1. The molecule has 3 rings (SSSR count). The van der Waals surface area contributed by atoms with Gasteiger partial charge in [0.1, 0.15) is 5.52 Å². The van der Waals surface area contributed by atoms with E-state index in [0.29, 0.717) is 5.89 Å². The highest BCUT2D eigenvalue weighted by Gasteiger charge is 2.17. The summed E-state index contributed by atoms with van der Waals surface area (Å²) in [5, 5.41) is 1.36. The van der Waals surface area contributed by atoms with E-state index in [1.165, 1.54) is 5.19 Å². The molecule has 3 aromatic rings. The van der Waals surface area contributed by atoms with Gasteiger partial charge in [-0.2, -0.15) is 0 Å². The number of hydrogen-bond acceptors (Lipinski definition) is 3. The third-order valence-electron chi connectivity index (χ3n) is 3.43. The van der Waals surface area contributed by atoms with Gasteiger partial charge in [-0.25, -0.2) is 4.98 Å². The number of hydrogen-bond donors (Lipinski definition) is 0. The van der Waals surface area contributed by atoms with E-state index in [1.807, 2.05) is 31.3 Å². The molecule has 20 heavy (non-hydrogen) atoms. The fourth-order valence-electron chi connectivity index (χ4n) is 2.26. The van der Waals surface area contributed by atoms with E-state index in [4.69, 9.17) is 4.42 Å². The molecular formula is C16H18N2OSi. The lowest BCUT2D eigenvalue weighted by atomic mass is 10.1. The van der Waals surface area contributed by atoms with E-state index in [0.717, 1.165) is 22.4 Å². The summed E-state index contributed by atoms with van der Waals surface area (Å²) >= 11 is 0. The lowest BCUT2D eigenvalue weighted by Crippen LogP contribution is -2.37. The summed E-state index contributed by atoms with van der Waals surface area (Å²) in [4.78, 5) is 8.99. The Morgan fingerprint density at radius 1 is 1.05 bits per heavy atom. The van der Waals surface area contributed by atoms with E-state index in [9.17, 15) is 0 Å². The van der Waals surface area contributed by atoms with Gasteiger partial charge < -0.3 is 4.42 Å². The van der Waals surface area contributed by atoms with Crippen LogP contribution in [0.25, 0.3) is 22.4 Å². The van der Waals surface area contributed by atoms with Gasteiger partial charge in [0.25, 0.3) is 0 Å². The van der Waals surface area contributed by atoms with Crippen molar-refractivity contribution in [3.8, 4) is 11.3 Å². The maximum atomic E-state index is 5.71. The van der Waals surface area contributed by atoms with Crippen LogP contribution in [0, 0.1) is 6.92 Å². The summed E-state index contributed by atoms with van der Waals surface area (Å²) < 4.78 is 5.71. The molecule has 0 fully saturated rings. The van der Waals surface area contributed by atoms with Crippen molar-refractivity contribution >= 4 is 24.4 Å². The Morgan fingerprint density at radius 2 is 1.85 bits per heavy atom. The van der Waals surface area contributed by atoms with Gasteiger partial charge in [-0.3, -0.25) is 4.98 Å². The molecule has 1 aromatic carbocycles. The van der Waals surface area contributed by atoms with Gasteiger partial charge in [0, 0.05) is 18.7 Å². The Morgan fingerprint density at radius 3 is 2.50 bits per heavy atom. The van der Waals surface area contributed by atoms with Crippen molar-refractivity contribution in [2.75, 3.05) is 0 Å². The molecule has 0 atom stereocenters. The van der Waals surface area contributed by atoms with Gasteiger partial charge in [-0.05, 0) is 23.4 Å². The van der Waals surface area contributed by atoms with E-state index >= 15 is 0 Å². The second kappa shape index (κ2) is 4.56. The Bertz CT molecular complexity index is 754. The normalized spacial score (nSPS) is 12.0. The fraction of sp³-hybridized carbons (Fsp3) is 0.250. The maximum absolute atomic E-state index is 5.71. The number of aromatic nitrogens is 2. The van der Waals surface area contributed by atoms with Crippen LogP contribution in [-0.4, -0.2) is 18.0 Å². The minimum absolute atomic E-state index is 0.686. The summed E-state index contributed by atoms with van der Waals surface area (Å²) in [7, 11) is -1.31. The smallest absolute Gasteiger partial charge is 0.192 e. The van der Waals surface area contributed by atoms with Gasteiger partial charge >= 0.3 is 0 Å². The monoisotopic (exact) mass is 282 g/mol. The first-order valence-corrected chi connectivity index (χ1v) is 10.3. The highest BCUT2D eigenvalue weighted by molar-refractivity contribution is 6.88. The first-order chi connectivity index (χ1) is 9.45. The van der Waals surface area contributed by atoms with E-state index < -0.39 is 8.07 Å². The predicted molar refractivity (Wildman–Crippen MR) is 85.0 cm³/mol. The summed E-state index contributed by atoms with van der Waals surface area (Å²) in [6.07, 6.45) is 2.00. The molecule has 0 N–H and O–H groups in total. The van der Waals surface area contributed by atoms with Crippen molar-refractivity contribution in [3.05, 3.63) is 42.4 Å². The average Bonchev–Trinajstić information content (AvgIpc) is 2.78. The van der Waals surface area contributed by atoms with Crippen molar-refractivity contribution in [2.45, 2.75) is 26.6 Å². The molecule has 0 amide bonds. The number of rotatable bonds is 2. The molecule has 2 aromatic heterocycles. The lowest BCUT2D eigenvalue weighted by Gasteiger charge is -2.16. The number of fused-ring (bicyclic) bond motifs is 1. The Balaban J connectivity index is 2.11. The van der Waals surface area contributed by atoms with Gasteiger partial charge in [0.2, 0.25) is 0 Å². The molecule has 0 aliphatic rings. The number of benzene rings is 1. The van der Waals surface area contributed by atoms with Gasteiger partial charge in [0.05, 0.1) is 13.8 Å². The topological polar surface area (TPSA) is 38.9 Å². The molecule has 0 spiro atoms. The third kappa shape index (κ3) is 2.27. The van der Waals surface area contributed by atoms with Crippen LogP contribution in [0.3, 0.4) is 0 Å². The van der Waals surface area contributed by atoms with Crippen LogP contribution in [0.4, 0.5) is 0 Å². The zero-order valence-electron chi connectivity index (χ0n) is 12.3. The third-order valence-corrected chi connectivity index (χ3v) is 5.46. The molecular weight excluding hydrogens is 264 g/mol. The second-order valence-electron chi connectivity index (χ2n) is 6.07. The molecule has 0 radical (unpaired) electrons. The van der Waals surface area contributed by atoms with Crippen LogP contribution < -0.4 is 5.19 Å². The van der Waals surface area contributed by atoms with Crippen LogP contribution in [0.5, 0.6) is 0 Å². The van der Waals surface area contributed by atoms with Gasteiger partial charge in [0.15, 0.2) is 11.5 Å². The summed E-state index contributed by atoms with van der Waals surface area (Å²) in [6, 6.07) is 10.3. The Labute approximate surface area is 119 Å². The summed E-state index contributed by atoms with van der Waals surface area (Å²) in [5.74, 6) is 0.686. The van der Waals surface area contributed by atoms with E-state index in [-0.39, 0.29) is 0 Å².